The Kier molecular flexibility index (Phi) is 1.74. The maximum absolute atomic E-state index is 3.68. The van der Waals surface area contributed by atoms with E-state index in [-0.39, 0.29) is 0 Å². The van der Waals surface area contributed by atoms with E-state index >= 15 is 0 Å². The molecule has 0 aromatic carbocycles. The minimum Gasteiger partial charge on any atom is -0.314 e. The molecular formula is C12H21N. The fourth-order valence-electron chi connectivity index (χ4n) is 3.31. The van der Waals surface area contributed by atoms with Crippen molar-refractivity contribution in [3.63, 3.8) is 0 Å². The first kappa shape index (κ1) is 8.28. The van der Waals surface area contributed by atoms with Crippen LogP contribution in [0.2, 0.25) is 0 Å². The van der Waals surface area contributed by atoms with E-state index in [1.165, 1.54) is 45.1 Å². The Hall–Kier alpha value is -0.0400. The van der Waals surface area contributed by atoms with Crippen molar-refractivity contribution in [1.29, 1.82) is 0 Å². The molecule has 13 heavy (non-hydrogen) atoms. The Labute approximate surface area is 81.3 Å². The highest BCUT2D eigenvalue weighted by Gasteiger charge is 2.56. The molecule has 1 nitrogen and oxygen atoms in total. The highest BCUT2D eigenvalue weighted by molar-refractivity contribution is 5.07. The molecule has 3 fully saturated rings. The highest BCUT2D eigenvalue weighted by Crippen LogP contribution is 2.63. The summed E-state index contributed by atoms with van der Waals surface area (Å²) in [6, 6.07) is 0.913. The van der Waals surface area contributed by atoms with Gasteiger partial charge in [-0.05, 0) is 55.9 Å². The zero-order chi connectivity index (χ0) is 8.89. The lowest BCUT2D eigenvalue weighted by Crippen LogP contribution is -2.21. The van der Waals surface area contributed by atoms with Gasteiger partial charge in [0.15, 0.2) is 0 Å². The van der Waals surface area contributed by atoms with Crippen LogP contribution in [0, 0.1) is 17.3 Å². The van der Waals surface area contributed by atoms with Crippen LogP contribution in [0.15, 0.2) is 0 Å². The SMILES string of the molecule is CC1CCC2(C1)CC2CNC1CC1. The average molecular weight is 179 g/mol. The quantitative estimate of drug-likeness (QED) is 0.702. The molecule has 0 radical (unpaired) electrons. The van der Waals surface area contributed by atoms with Gasteiger partial charge in [-0.1, -0.05) is 13.3 Å². The molecule has 0 aromatic heterocycles. The number of hydrogen-bond acceptors (Lipinski definition) is 1. The third kappa shape index (κ3) is 1.52. The summed E-state index contributed by atoms with van der Waals surface area (Å²) in [6.07, 6.45) is 8.98. The van der Waals surface area contributed by atoms with Gasteiger partial charge in [0.05, 0.1) is 0 Å². The average Bonchev–Trinajstić information content (AvgIpc) is 2.94. The summed E-state index contributed by atoms with van der Waals surface area (Å²) in [5, 5.41) is 3.68. The van der Waals surface area contributed by atoms with Crippen LogP contribution < -0.4 is 5.32 Å². The number of rotatable bonds is 3. The Morgan fingerprint density at radius 3 is 2.69 bits per heavy atom. The summed E-state index contributed by atoms with van der Waals surface area (Å²) < 4.78 is 0. The lowest BCUT2D eigenvalue weighted by atomic mass is 10.0. The lowest BCUT2D eigenvalue weighted by molar-refractivity contribution is 0.434. The standard InChI is InChI=1S/C12H21N/c1-9-4-5-12(6-9)7-10(12)8-13-11-2-3-11/h9-11,13H,2-8H2,1H3. The van der Waals surface area contributed by atoms with E-state index in [9.17, 15) is 0 Å². The normalized spacial score (nSPS) is 48.7. The third-order valence-corrected chi connectivity index (χ3v) is 4.48. The van der Waals surface area contributed by atoms with E-state index in [1.54, 1.807) is 0 Å². The zero-order valence-electron chi connectivity index (χ0n) is 8.68. The van der Waals surface area contributed by atoms with Crippen LogP contribution in [-0.4, -0.2) is 12.6 Å². The molecule has 0 amide bonds. The molecule has 74 valence electrons. The summed E-state index contributed by atoms with van der Waals surface area (Å²) in [5.74, 6) is 2.07. The highest BCUT2D eigenvalue weighted by atomic mass is 15.0. The van der Waals surface area contributed by atoms with Crippen LogP contribution in [0.1, 0.15) is 45.4 Å². The molecule has 3 saturated carbocycles. The zero-order valence-corrected chi connectivity index (χ0v) is 8.68. The van der Waals surface area contributed by atoms with Gasteiger partial charge in [-0.2, -0.15) is 0 Å². The minimum atomic E-state index is 0.835. The van der Waals surface area contributed by atoms with Gasteiger partial charge in [-0.25, -0.2) is 0 Å². The summed E-state index contributed by atoms with van der Waals surface area (Å²) >= 11 is 0. The van der Waals surface area contributed by atoms with E-state index in [0.717, 1.165) is 23.3 Å². The van der Waals surface area contributed by atoms with Gasteiger partial charge < -0.3 is 5.32 Å². The van der Waals surface area contributed by atoms with Crippen LogP contribution in [0.25, 0.3) is 0 Å². The van der Waals surface area contributed by atoms with Crippen molar-refractivity contribution in [3.8, 4) is 0 Å². The molecular weight excluding hydrogens is 158 g/mol. The van der Waals surface area contributed by atoms with Gasteiger partial charge in [0.1, 0.15) is 0 Å². The Bertz CT molecular complexity index is 209. The van der Waals surface area contributed by atoms with E-state index in [1.807, 2.05) is 0 Å². The summed E-state index contributed by atoms with van der Waals surface area (Å²) in [4.78, 5) is 0. The molecule has 1 N–H and O–H groups in total. The van der Waals surface area contributed by atoms with Crippen molar-refractivity contribution in [2.75, 3.05) is 6.54 Å². The van der Waals surface area contributed by atoms with Crippen molar-refractivity contribution in [3.05, 3.63) is 0 Å². The first-order chi connectivity index (χ1) is 6.28. The van der Waals surface area contributed by atoms with Gasteiger partial charge >= 0.3 is 0 Å². The van der Waals surface area contributed by atoms with Gasteiger partial charge in [-0.3, -0.25) is 0 Å². The molecule has 0 aliphatic heterocycles. The van der Waals surface area contributed by atoms with E-state index in [0.29, 0.717) is 0 Å². The second kappa shape index (κ2) is 2.73. The Morgan fingerprint density at radius 1 is 1.23 bits per heavy atom. The third-order valence-electron chi connectivity index (χ3n) is 4.48. The molecule has 3 aliphatic rings. The van der Waals surface area contributed by atoms with Crippen LogP contribution in [0.4, 0.5) is 0 Å². The van der Waals surface area contributed by atoms with Crippen LogP contribution >= 0.6 is 0 Å². The predicted molar refractivity (Wildman–Crippen MR) is 54.6 cm³/mol. The molecule has 0 heterocycles. The molecule has 3 unspecified atom stereocenters. The maximum Gasteiger partial charge on any atom is 0.00683 e. The second-order valence-corrected chi connectivity index (χ2v) is 5.79. The smallest absolute Gasteiger partial charge is 0.00683 e. The largest absolute Gasteiger partial charge is 0.314 e. The molecule has 3 atom stereocenters. The molecule has 0 bridgehead atoms. The monoisotopic (exact) mass is 179 g/mol. The summed E-state index contributed by atoms with van der Waals surface area (Å²) in [6.45, 7) is 3.76. The fraction of sp³-hybridized carbons (Fsp3) is 1.00. The Balaban J connectivity index is 1.48. The first-order valence-electron chi connectivity index (χ1n) is 6.02. The van der Waals surface area contributed by atoms with Crippen molar-refractivity contribution < 1.29 is 0 Å². The number of hydrogen-bond donors (Lipinski definition) is 1. The van der Waals surface area contributed by atoms with Crippen molar-refractivity contribution >= 4 is 0 Å². The van der Waals surface area contributed by atoms with Crippen LogP contribution in [0.5, 0.6) is 0 Å². The van der Waals surface area contributed by atoms with Gasteiger partial charge in [0, 0.05) is 6.04 Å². The van der Waals surface area contributed by atoms with Gasteiger partial charge in [0.25, 0.3) is 0 Å². The molecule has 1 spiro atoms. The van der Waals surface area contributed by atoms with E-state index < -0.39 is 0 Å². The fourth-order valence-corrected chi connectivity index (χ4v) is 3.31. The van der Waals surface area contributed by atoms with Crippen molar-refractivity contribution in [2.24, 2.45) is 17.3 Å². The van der Waals surface area contributed by atoms with Gasteiger partial charge in [-0.15, -0.1) is 0 Å². The topological polar surface area (TPSA) is 12.0 Å². The second-order valence-electron chi connectivity index (χ2n) is 5.79. The maximum atomic E-state index is 3.68. The van der Waals surface area contributed by atoms with Crippen molar-refractivity contribution in [1.82, 2.24) is 5.32 Å². The molecule has 3 rings (SSSR count). The first-order valence-corrected chi connectivity index (χ1v) is 6.02. The van der Waals surface area contributed by atoms with Crippen LogP contribution in [0.3, 0.4) is 0 Å². The summed E-state index contributed by atoms with van der Waals surface area (Å²) in [7, 11) is 0. The van der Waals surface area contributed by atoms with Crippen molar-refractivity contribution in [2.45, 2.75) is 51.5 Å². The summed E-state index contributed by atoms with van der Waals surface area (Å²) in [5.41, 5.74) is 0.835. The predicted octanol–water partition coefficient (Wildman–Crippen LogP) is 2.56. The van der Waals surface area contributed by atoms with E-state index in [4.69, 9.17) is 0 Å². The molecule has 0 saturated heterocycles. The number of nitrogens with one attached hydrogen (secondary N) is 1. The molecule has 0 aromatic rings. The Morgan fingerprint density at radius 2 is 2.08 bits per heavy atom. The minimum absolute atomic E-state index is 0.835. The molecule has 3 aliphatic carbocycles. The van der Waals surface area contributed by atoms with Crippen LogP contribution in [-0.2, 0) is 0 Å². The van der Waals surface area contributed by atoms with Gasteiger partial charge in [0.2, 0.25) is 0 Å². The lowest BCUT2D eigenvalue weighted by Gasteiger charge is -2.09. The molecule has 1 heteroatoms. The van der Waals surface area contributed by atoms with E-state index in [2.05, 4.69) is 12.2 Å².